The van der Waals surface area contributed by atoms with Crippen molar-refractivity contribution in [1.82, 2.24) is 9.55 Å². The first kappa shape index (κ1) is 18.7. The third kappa shape index (κ3) is 3.55. The van der Waals surface area contributed by atoms with Crippen LogP contribution in [0.5, 0.6) is 0 Å². The molecule has 1 aromatic heterocycles. The summed E-state index contributed by atoms with van der Waals surface area (Å²) in [5.41, 5.74) is 1.95. The van der Waals surface area contributed by atoms with Crippen molar-refractivity contribution in [3.63, 3.8) is 0 Å². The SMILES string of the molecule is COC[C@@H](C)n1c(SCc2cccc3ccccc23)nc2ccccc2c1=O. The van der Waals surface area contributed by atoms with E-state index in [4.69, 9.17) is 9.72 Å². The van der Waals surface area contributed by atoms with E-state index in [1.807, 2.05) is 37.3 Å². The molecule has 4 rings (SSSR count). The molecule has 0 fully saturated rings. The monoisotopic (exact) mass is 390 g/mol. The highest BCUT2D eigenvalue weighted by Gasteiger charge is 2.17. The number of hydrogen-bond acceptors (Lipinski definition) is 4. The van der Waals surface area contributed by atoms with Gasteiger partial charge in [-0.3, -0.25) is 9.36 Å². The van der Waals surface area contributed by atoms with Crippen molar-refractivity contribution in [2.24, 2.45) is 0 Å². The zero-order valence-electron chi connectivity index (χ0n) is 16.0. The molecule has 1 heterocycles. The second kappa shape index (κ2) is 8.17. The van der Waals surface area contributed by atoms with Gasteiger partial charge in [0, 0.05) is 12.9 Å². The zero-order valence-corrected chi connectivity index (χ0v) is 16.8. The number of nitrogens with zero attached hydrogens (tertiary/aromatic N) is 2. The van der Waals surface area contributed by atoms with Crippen LogP contribution < -0.4 is 5.56 Å². The Morgan fingerprint density at radius 1 is 1.00 bits per heavy atom. The Hall–Kier alpha value is -2.63. The molecule has 0 amide bonds. The van der Waals surface area contributed by atoms with Crippen LogP contribution in [0.25, 0.3) is 21.7 Å². The molecule has 0 aliphatic carbocycles. The third-order valence-corrected chi connectivity index (χ3v) is 5.86. The van der Waals surface area contributed by atoms with Crippen molar-refractivity contribution in [3.05, 3.63) is 82.6 Å². The Bertz CT molecular complexity index is 1180. The van der Waals surface area contributed by atoms with Crippen LogP contribution in [0.15, 0.2) is 76.7 Å². The van der Waals surface area contributed by atoms with Crippen LogP contribution in [0.2, 0.25) is 0 Å². The summed E-state index contributed by atoms with van der Waals surface area (Å²) >= 11 is 1.59. The van der Waals surface area contributed by atoms with E-state index in [0.29, 0.717) is 12.0 Å². The van der Waals surface area contributed by atoms with Crippen molar-refractivity contribution >= 4 is 33.4 Å². The van der Waals surface area contributed by atoms with E-state index >= 15 is 0 Å². The van der Waals surface area contributed by atoms with Gasteiger partial charge in [0.25, 0.3) is 5.56 Å². The number of thioether (sulfide) groups is 1. The van der Waals surface area contributed by atoms with Crippen molar-refractivity contribution in [1.29, 1.82) is 0 Å². The first-order valence-electron chi connectivity index (χ1n) is 9.28. The lowest BCUT2D eigenvalue weighted by Gasteiger charge is -2.19. The standard InChI is InChI=1S/C23H22N2O2S/c1-16(14-27-2)25-22(26)20-12-5-6-13-21(20)24-23(25)28-15-18-10-7-9-17-8-3-4-11-19(17)18/h3-13,16H,14-15H2,1-2H3/t16-/m1/s1. The Morgan fingerprint density at radius 2 is 1.71 bits per heavy atom. The highest BCUT2D eigenvalue weighted by molar-refractivity contribution is 7.98. The van der Waals surface area contributed by atoms with Gasteiger partial charge in [-0.1, -0.05) is 66.4 Å². The van der Waals surface area contributed by atoms with Gasteiger partial charge in [0.05, 0.1) is 23.6 Å². The molecule has 1 atom stereocenters. The molecule has 0 saturated carbocycles. The molecule has 0 radical (unpaired) electrons. The molecular weight excluding hydrogens is 368 g/mol. The van der Waals surface area contributed by atoms with E-state index in [1.165, 1.54) is 16.3 Å². The molecule has 0 bridgehead atoms. The largest absolute Gasteiger partial charge is 0.383 e. The van der Waals surface area contributed by atoms with E-state index in [2.05, 4.69) is 36.4 Å². The fourth-order valence-corrected chi connectivity index (χ4v) is 4.59. The first-order valence-corrected chi connectivity index (χ1v) is 10.3. The van der Waals surface area contributed by atoms with Gasteiger partial charge in [-0.2, -0.15) is 0 Å². The second-order valence-electron chi connectivity index (χ2n) is 6.82. The maximum Gasteiger partial charge on any atom is 0.262 e. The molecule has 4 nitrogen and oxygen atoms in total. The molecule has 0 aliphatic rings. The Kier molecular flexibility index (Phi) is 5.46. The van der Waals surface area contributed by atoms with Crippen LogP contribution >= 0.6 is 11.8 Å². The van der Waals surface area contributed by atoms with Gasteiger partial charge in [-0.05, 0) is 35.4 Å². The lowest BCUT2D eigenvalue weighted by Crippen LogP contribution is -2.28. The van der Waals surface area contributed by atoms with Gasteiger partial charge in [-0.15, -0.1) is 0 Å². The van der Waals surface area contributed by atoms with E-state index in [-0.39, 0.29) is 11.6 Å². The number of para-hydroxylation sites is 1. The molecule has 28 heavy (non-hydrogen) atoms. The van der Waals surface area contributed by atoms with E-state index in [1.54, 1.807) is 23.4 Å². The minimum absolute atomic E-state index is 0.0180. The Balaban J connectivity index is 1.76. The summed E-state index contributed by atoms with van der Waals surface area (Å²) in [5, 5.41) is 3.82. The first-order chi connectivity index (χ1) is 13.7. The molecular formula is C23H22N2O2S. The molecule has 0 N–H and O–H groups in total. The summed E-state index contributed by atoms with van der Waals surface area (Å²) in [6.45, 7) is 2.45. The van der Waals surface area contributed by atoms with E-state index in [9.17, 15) is 4.79 Å². The smallest absolute Gasteiger partial charge is 0.262 e. The minimum atomic E-state index is -0.0929. The van der Waals surface area contributed by atoms with E-state index < -0.39 is 0 Å². The summed E-state index contributed by atoms with van der Waals surface area (Å²) in [6.07, 6.45) is 0. The molecule has 0 aliphatic heterocycles. The second-order valence-corrected chi connectivity index (χ2v) is 7.76. The Morgan fingerprint density at radius 3 is 2.54 bits per heavy atom. The summed E-state index contributed by atoms with van der Waals surface area (Å²) in [5.74, 6) is 0.742. The fourth-order valence-electron chi connectivity index (χ4n) is 3.49. The number of ether oxygens (including phenoxy) is 1. The van der Waals surface area contributed by atoms with Crippen molar-refractivity contribution in [2.45, 2.75) is 23.9 Å². The lowest BCUT2D eigenvalue weighted by atomic mass is 10.1. The van der Waals surface area contributed by atoms with Crippen LogP contribution in [-0.4, -0.2) is 23.3 Å². The summed E-state index contributed by atoms with van der Waals surface area (Å²) in [6, 6.07) is 22.1. The normalized spacial score (nSPS) is 12.5. The van der Waals surface area contributed by atoms with Gasteiger partial charge in [0.15, 0.2) is 5.16 Å². The molecule has 0 spiro atoms. The summed E-state index contributed by atoms with van der Waals surface area (Å²) < 4.78 is 7.07. The van der Waals surface area contributed by atoms with Crippen LogP contribution in [0.4, 0.5) is 0 Å². The average Bonchev–Trinajstić information content (AvgIpc) is 2.72. The number of benzene rings is 3. The van der Waals surface area contributed by atoms with Gasteiger partial charge in [0.1, 0.15) is 0 Å². The maximum absolute atomic E-state index is 13.1. The number of hydrogen-bond donors (Lipinski definition) is 0. The van der Waals surface area contributed by atoms with Crippen molar-refractivity contribution in [3.8, 4) is 0 Å². The highest BCUT2D eigenvalue weighted by atomic mass is 32.2. The van der Waals surface area contributed by atoms with Gasteiger partial charge >= 0.3 is 0 Å². The van der Waals surface area contributed by atoms with Crippen molar-refractivity contribution < 1.29 is 4.74 Å². The molecule has 0 unspecified atom stereocenters. The van der Waals surface area contributed by atoms with Gasteiger partial charge in [-0.25, -0.2) is 4.98 Å². The molecule has 0 saturated heterocycles. The highest BCUT2D eigenvalue weighted by Crippen LogP contribution is 2.28. The van der Waals surface area contributed by atoms with Crippen LogP contribution in [0.3, 0.4) is 0 Å². The molecule has 3 aromatic carbocycles. The summed E-state index contributed by atoms with van der Waals surface area (Å²) in [4.78, 5) is 17.9. The number of aromatic nitrogens is 2. The summed E-state index contributed by atoms with van der Waals surface area (Å²) in [7, 11) is 1.65. The third-order valence-electron chi connectivity index (χ3n) is 4.86. The average molecular weight is 391 g/mol. The predicted octanol–water partition coefficient (Wildman–Crippen LogP) is 5.05. The van der Waals surface area contributed by atoms with E-state index in [0.717, 1.165) is 16.4 Å². The lowest BCUT2D eigenvalue weighted by molar-refractivity contribution is 0.156. The predicted molar refractivity (Wildman–Crippen MR) is 116 cm³/mol. The quantitative estimate of drug-likeness (QED) is 0.341. The molecule has 4 aromatic rings. The topological polar surface area (TPSA) is 44.1 Å². The van der Waals surface area contributed by atoms with Gasteiger partial charge in [0.2, 0.25) is 0 Å². The molecule has 142 valence electrons. The van der Waals surface area contributed by atoms with Crippen LogP contribution in [0.1, 0.15) is 18.5 Å². The van der Waals surface area contributed by atoms with Crippen molar-refractivity contribution in [2.75, 3.05) is 13.7 Å². The number of rotatable bonds is 6. The van der Waals surface area contributed by atoms with Gasteiger partial charge < -0.3 is 4.74 Å². The number of fused-ring (bicyclic) bond motifs is 2. The maximum atomic E-state index is 13.1. The van der Waals surface area contributed by atoms with Crippen LogP contribution in [0, 0.1) is 0 Å². The molecule has 5 heteroatoms. The van der Waals surface area contributed by atoms with Crippen LogP contribution in [-0.2, 0) is 10.5 Å². The zero-order chi connectivity index (χ0) is 19.5. The minimum Gasteiger partial charge on any atom is -0.383 e. The fraction of sp³-hybridized carbons (Fsp3) is 0.217. The Labute approximate surface area is 168 Å². The number of methoxy groups -OCH3 is 1.